The van der Waals surface area contributed by atoms with Gasteiger partial charge in [0.15, 0.2) is 0 Å². The molecule has 17 heavy (non-hydrogen) atoms. The molecule has 1 N–H and O–H groups in total. The molecule has 2 heterocycles. The molecule has 1 atom stereocenters. The maximum Gasteiger partial charge on any atom is 0.224 e. The third-order valence-corrected chi connectivity index (χ3v) is 4.00. The summed E-state index contributed by atoms with van der Waals surface area (Å²) in [5.41, 5.74) is 0. The number of nitrogens with zero attached hydrogens (tertiary/aromatic N) is 2. The molecule has 2 fully saturated rings. The van der Waals surface area contributed by atoms with E-state index in [9.17, 15) is 9.90 Å². The number of piperidine rings is 1. The highest BCUT2D eigenvalue weighted by Crippen LogP contribution is 2.18. The molecule has 0 saturated carbocycles. The number of aliphatic hydroxyl groups is 1. The Morgan fingerprint density at radius 1 is 1.12 bits per heavy atom. The Labute approximate surface area is 104 Å². The predicted octanol–water partition coefficient (Wildman–Crippen LogP) is 0.846. The molecule has 4 nitrogen and oxygen atoms in total. The SMILES string of the molecule is O=C(CCN1CCCC1)N1CCCCC1CO. The Morgan fingerprint density at radius 3 is 2.53 bits per heavy atom. The van der Waals surface area contributed by atoms with Gasteiger partial charge in [0.05, 0.1) is 12.6 Å². The summed E-state index contributed by atoms with van der Waals surface area (Å²) < 4.78 is 0. The van der Waals surface area contributed by atoms with Gasteiger partial charge in [-0.2, -0.15) is 0 Å². The van der Waals surface area contributed by atoms with Crippen LogP contribution in [0, 0.1) is 0 Å². The van der Waals surface area contributed by atoms with Gasteiger partial charge in [-0.3, -0.25) is 4.79 Å². The van der Waals surface area contributed by atoms with E-state index in [1.165, 1.54) is 12.8 Å². The van der Waals surface area contributed by atoms with Gasteiger partial charge in [-0.1, -0.05) is 0 Å². The first-order valence-corrected chi connectivity index (χ1v) is 6.94. The van der Waals surface area contributed by atoms with Crippen LogP contribution >= 0.6 is 0 Å². The van der Waals surface area contributed by atoms with Gasteiger partial charge in [-0.05, 0) is 45.2 Å². The fourth-order valence-corrected chi connectivity index (χ4v) is 2.92. The van der Waals surface area contributed by atoms with Crippen LogP contribution in [0.5, 0.6) is 0 Å². The van der Waals surface area contributed by atoms with E-state index in [-0.39, 0.29) is 18.6 Å². The van der Waals surface area contributed by atoms with Crippen molar-refractivity contribution in [2.24, 2.45) is 0 Å². The largest absolute Gasteiger partial charge is 0.394 e. The van der Waals surface area contributed by atoms with Crippen molar-refractivity contribution in [3.63, 3.8) is 0 Å². The van der Waals surface area contributed by atoms with Crippen molar-refractivity contribution in [3.05, 3.63) is 0 Å². The Hall–Kier alpha value is -0.610. The maximum absolute atomic E-state index is 12.1. The molecule has 1 amide bonds. The van der Waals surface area contributed by atoms with Crippen molar-refractivity contribution in [1.82, 2.24) is 9.80 Å². The lowest BCUT2D eigenvalue weighted by Crippen LogP contribution is -2.46. The van der Waals surface area contributed by atoms with Crippen LogP contribution in [-0.4, -0.2) is 59.6 Å². The van der Waals surface area contributed by atoms with E-state index < -0.39 is 0 Å². The second kappa shape index (κ2) is 6.36. The zero-order chi connectivity index (χ0) is 12.1. The average molecular weight is 240 g/mol. The monoisotopic (exact) mass is 240 g/mol. The summed E-state index contributed by atoms with van der Waals surface area (Å²) in [5.74, 6) is 0.232. The Kier molecular flexibility index (Phi) is 4.80. The van der Waals surface area contributed by atoms with E-state index in [1.54, 1.807) is 0 Å². The molecule has 0 spiro atoms. The number of aliphatic hydroxyl groups excluding tert-OH is 1. The maximum atomic E-state index is 12.1. The van der Waals surface area contributed by atoms with Gasteiger partial charge in [0.25, 0.3) is 0 Å². The molecule has 0 aliphatic carbocycles. The summed E-state index contributed by atoms with van der Waals surface area (Å²) in [5, 5.41) is 9.29. The van der Waals surface area contributed by atoms with Gasteiger partial charge in [-0.25, -0.2) is 0 Å². The van der Waals surface area contributed by atoms with Crippen LogP contribution in [0.15, 0.2) is 0 Å². The molecule has 2 saturated heterocycles. The van der Waals surface area contributed by atoms with Crippen LogP contribution in [0.25, 0.3) is 0 Å². The van der Waals surface area contributed by atoms with Crippen LogP contribution in [-0.2, 0) is 4.79 Å². The van der Waals surface area contributed by atoms with Gasteiger partial charge < -0.3 is 14.9 Å². The topological polar surface area (TPSA) is 43.8 Å². The molecular weight excluding hydrogens is 216 g/mol. The van der Waals surface area contributed by atoms with Crippen molar-refractivity contribution >= 4 is 5.91 Å². The lowest BCUT2D eigenvalue weighted by atomic mass is 10.0. The summed E-state index contributed by atoms with van der Waals surface area (Å²) in [6.07, 6.45) is 6.36. The van der Waals surface area contributed by atoms with Crippen LogP contribution < -0.4 is 0 Å². The van der Waals surface area contributed by atoms with Crippen LogP contribution in [0.4, 0.5) is 0 Å². The summed E-state index contributed by atoms with van der Waals surface area (Å²) in [4.78, 5) is 16.4. The quantitative estimate of drug-likeness (QED) is 0.792. The number of hydrogen-bond acceptors (Lipinski definition) is 3. The van der Waals surface area contributed by atoms with Crippen molar-refractivity contribution in [2.75, 3.05) is 32.8 Å². The Morgan fingerprint density at radius 2 is 1.82 bits per heavy atom. The van der Waals surface area contributed by atoms with E-state index in [0.717, 1.165) is 45.4 Å². The number of carbonyl (C=O) groups excluding carboxylic acids is 1. The molecule has 0 aromatic carbocycles. The zero-order valence-corrected chi connectivity index (χ0v) is 10.6. The molecule has 4 heteroatoms. The van der Waals surface area contributed by atoms with Crippen molar-refractivity contribution < 1.29 is 9.90 Å². The van der Waals surface area contributed by atoms with E-state index >= 15 is 0 Å². The van der Waals surface area contributed by atoms with Crippen LogP contribution in [0.1, 0.15) is 38.5 Å². The first-order chi connectivity index (χ1) is 8.31. The number of likely N-dealkylation sites (tertiary alicyclic amines) is 2. The summed E-state index contributed by atoms with van der Waals surface area (Å²) in [6, 6.07) is 0.0785. The van der Waals surface area contributed by atoms with E-state index in [4.69, 9.17) is 0 Å². The lowest BCUT2D eigenvalue weighted by Gasteiger charge is -2.35. The third-order valence-electron chi connectivity index (χ3n) is 4.00. The Balaban J connectivity index is 1.76. The lowest BCUT2D eigenvalue weighted by molar-refractivity contribution is -0.136. The van der Waals surface area contributed by atoms with Crippen LogP contribution in [0.3, 0.4) is 0 Å². The van der Waals surface area contributed by atoms with Crippen molar-refractivity contribution in [1.29, 1.82) is 0 Å². The van der Waals surface area contributed by atoms with E-state index in [0.29, 0.717) is 6.42 Å². The summed E-state index contributed by atoms with van der Waals surface area (Å²) >= 11 is 0. The highest BCUT2D eigenvalue weighted by atomic mass is 16.3. The number of rotatable bonds is 4. The van der Waals surface area contributed by atoms with E-state index in [1.807, 2.05) is 4.90 Å². The molecule has 2 rings (SSSR count). The molecule has 2 aliphatic heterocycles. The highest BCUT2D eigenvalue weighted by Gasteiger charge is 2.26. The second-order valence-corrected chi connectivity index (χ2v) is 5.22. The minimum atomic E-state index is 0.0785. The minimum Gasteiger partial charge on any atom is -0.394 e. The van der Waals surface area contributed by atoms with Crippen LogP contribution in [0.2, 0.25) is 0 Å². The van der Waals surface area contributed by atoms with Gasteiger partial charge in [-0.15, -0.1) is 0 Å². The molecular formula is C13H24N2O2. The summed E-state index contributed by atoms with van der Waals surface area (Å²) in [7, 11) is 0. The normalized spacial score (nSPS) is 26.4. The predicted molar refractivity (Wildman–Crippen MR) is 66.7 cm³/mol. The number of hydrogen-bond donors (Lipinski definition) is 1. The molecule has 0 bridgehead atoms. The highest BCUT2D eigenvalue weighted by molar-refractivity contribution is 5.76. The molecule has 1 unspecified atom stereocenters. The minimum absolute atomic E-state index is 0.0785. The first-order valence-electron chi connectivity index (χ1n) is 6.94. The summed E-state index contributed by atoms with van der Waals surface area (Å²) in [6.45, 7) is 4.15. The molecule has 98 valence electrons. The van der Waals surface area contributed by atoms with Gasteiger partial charge >= 0.3 is 0 Å². The third kappa shape index (κ3) is 3.42. The van der Waals surface area contributed by atoms with Gasteiger partial charge in [0.1, 0.15) is 0 Å². The standard InChI is InChI=1S/C13H24N2O2/c16-11-12-5-1-2-9-15(12)13(17)6-10-14-7-3-4-8-14/h12,16H,1-11H2. The van der Waals surface area contributed by atoms with E-state index in [2.05, 4.69) is 4.90 Å². The zero-order valence-electron chi connectivity index (χ0n) is 10.6. The fraction of sp³-hybridized carbons (Fsp3) is 0.923. The molecule has 0 radical (unpaired) electrons. The van der Waals surface area contributed by atoms with Gasteiger partial charge in [0.2, 0.25) is 5.91 Å². The molecule has 0 aromatic heterocycles. The number of carbonyl (C=O) groups is 1. The molecule has 2 aliphatic rings. The number of amides is 1. The van der Waals surface area contributed by atoms with Crippen molar-refractivity contribution in [3.8, 4) is 0 Å². The Bertz CT molecular complexity index is 252. The first kappa shape index (κ1) is 12.8. The van der Waals surface area contributed by atoms with Gasteiger partial charge in [0, 0.05) is 19.5 Å². The fourth-order valence-electron chi connectivity index (χ4n) is 2.92. The molecule has 0 aromatic rings. The second-order valence-electron chi connectivity index (χ2n) is 5.22. The smallest absolute Gasteiger partial charge is 0.224 e. The average Bonchev–Trinajstić information content (AvgIpc) is 2.89. The van der Waals surface area contributed by atoms with Crippen molar-refractivity contribution in [2.45, 2.75) is 44.6 Å².